The van der Waals surface area contributed by atoms with E-state index in [-0.39, 0.29) is 0 Å². The predicted molar refractivity (Wildman–Crippen MR) is 180 cm³/mol. The van der Waals surface area contributed by atoms with E-state index in [4.69, 9.17) is 9.47 Å². The molecule has 4 heterocycles. The van der Waals surface area contributed by atoms with Crippen LogP contribution in [0.2, 0.25) is 0 Å². The van der Waals surface area contributed by atoms with Crippen molar-refractivity contribution in [3.05, 3.63) is 66.2 Å². The van der Waals surface area contributed by atoms with Crippen LogP contribution in [0.1, 0.15) is 18.9 Å². The SMILES string of the molecule is O=c1ccn([C@@H]2O[C@H](COP(=O)(O)OP(=O)(O)OP(=O)(O)OP(=O)(O)OP(=O)(O)OP(=O)(O)OP(=O)(O)OC[C@H]3O[C@@H](n4ccc(=O)[nH]c4=O)[C@@H](O)C3O)C[C@@H]2O)c(=O)[nH]1. The first-order chi connectivity index (χ1) is 27.2. The van der Waals surface area contributed by atoms with Crippen LogP contribution in [0.3, 0.4) is 0 Å². The van der Waals surface area contributed by atoms with Crippen molar-refractivity contribution >= 4 is 54.8 Å². The third kappa shape index (κ3) is 14.6. The lowest BCUT2D eigenvalue weighted by atomic mass is 10.1. The molecule has 0 radical (unpaired) electrons. The first-order valence-electron chi connectivity index (χ1n) is 15.0. The van der Waals surface area contributed by atoms with Crippen LogP contribution in [0.5, 0.6) is 0 Å². The molecule has 8 unspecified atom stereocenters. The normalized spacial score (nSPS) is 30.5. The number of ether oxygens (including phenoxy) is 2. The monoisotopic (exact) mass is 1010 g/mol. The van der Waals surface area contributed by atoms with Crippen molar-refractivity contribution in [2.75, 3.05) is 13.2 Å². The Morgan fingerprint density at radius 3 is 1.32 bits per heavy atom. The van der Waals surface area contributed by atoms with Crippen molar-refractivity contribution in [3.63, 3.8) is 0 Å². The Morgan fingerprint density at radius 1 is 0.550 bits per heavy atom. The Hall–Kier alpha value is -1.83. The molecule has 0 aliphatic carbocycles. The molecule has 0 saturated carbocycles. The first-order valence-corrected chi connectivity index (χ1v) is 25.5. The molecule has 12 N–H and O–H groups in total. The van der Waals surface area contributed by atoms with Crippen LogP contribution in [0.4, 0.5) is 0 Å². The number of rotatable bonds is 20. The summed E-state index contributed by atoms with van der Waals surface area (Å²) < 4.78 is 127. The second-order valence-corrected chi connectivity index (χ2v) is 22.4. The van der Waals surface area contributed by atoms with Crippen molar-refractivity contribution in [3.8, 4) is 0 Å². The van der Waals surface area contributed by atoms with Crippen LogP contribution in [0, 0.1) is 0 Å². The third-order valence-electron chi connectivity index (χ3n) is 6.82. The summed E-state index contributed by atoms with van der Waals surface area (Å²) in [6.07, 6.45) is -10.6. The zero-order chi connectivity index (χ0) is 45.4. The lowest BCUT2D eigenvalue weighted by Gasteiger charge is -2.22. The summed E-state index contributed by atoms with van der Waals surface area (Å²) in [6, 6.07) is 1.70. The van der Waals surface area contributed by atoms with Gasteiger partial charge in [-0.15, -0.1) is 0 Å². The van der Waals surface area contributed by atoms with E-state index in [2.05, 4.69) is 34.9 Å². The third-order valence-corrected chi connectivity index (χ3v) is 17.7. The van der Waals surface area contributed by atoms with Gasteiger partial charge in [0, 0.05) is 30.9 Å². The summed E-state index contributed by atoms with van der Waals surface area (Å²) in [7, 11) is -45.0. The van der Waals surface area contributed by atoms with Crippen LogP contribution >= 0.6 is 54.8 Å². The molecule has 2 aromatic heterocycles. The van der Waals surface area contributed by atoms with Gasteiger partial charge in [-0.3, -0.25) is 37.7 Å². The molecule has 0 amide bonds. The standard InChI is InChI=1S/C18H29N4O31P7/c23-9-5-8(46-15(9)21-3-1-11(24)19-17(21)28)6-44-54(30,31)48-56(34,35)50-58(38,39)52-60(42,43)53-59(40,41)51-57(36,37)49-55(32,33)45-7-10-13(26)14(27)16(47-10)22-4-2-12(25)20-18(22)29/h1-4,8-10,13-16,23,26-27H,5-7H2,(H,30,31)(H,32,33)(H,34,35)(H,36,37)(H,38,39)(H,40,41)(H,42,43)(H,19,24,28)(H,20,25,29)/t8-,9-,10+,13?,14-,15+,16+/m0/s1. The fourth-order valence-electron chi connectivity index (χ4n) is 4.69. The minimum Gasteiger partial charge on any atom is -0.388 e. The van der Waals surface area contributed by atoms with Gasteiger partial charge in [-0.2, -0.15) is 25.9 Å². The number of phosphoric acid groups is 7. The minimum atomic E-state index is -6.73. The molecule has 0 aromatic carbocycles. The van der Waals surface area contributed by atoms with E-state index >= 15 is 0 Å². The number of aromatic amines is 2. The molecule has 2 aromatic rings. The maximum Gasteiger partial charge on any atom is 0.490 e. The van der Waals surface area contributed by atoms with Gasteiger partial charge in [-0.05, 0) is 0 Å². The second kappa shape index (κ2) is 18.7. The van der Waals surface area contributed by atoms with Gasteiger partial charge in [0.25, 0.3) is 11.1 Å². The van der Waals surface area contributed by atoms with Crippen molar-refractivity contribution < 1.29 is 126 Å². The van der Waals surface area contributed by atoms with E-state index in [1.165, 1.54) is 0 Å². The second-order valence-electron chi connectivity index (χ2n) is 11.4. The summed E-state index contributed by atoms with van der Waals surface area (Å²) in [4.78, 5) is 118. The molecule has 342 valence electrons. The number of hydrogen-bond donors (Lipinski definition) is 12. The topological polar surface area (TPSA) is 524 Å². The lowest BCUT2D eigenvalue weighted by Crippen LogP contribution is -2.37. The predicted octanol–water partition coefficient (Wildman–Crippen LogP) is -2.81. The highest BCUT2D eigenvalue weighted by Gasteiger charge is 2.52. The lowest BCUT2D eigenvalue weighted by molar-refractivity contribution is -0.0542. The van der Waals surface area contributed by atoms with Crippen LogP contribution in [-0.2, 0) is 76.3 Å². The summed E-state index contributed by atoms with van der Waals surface area (Å²) in [5.74, 6) is 0. The molecular weight excluding hydrogens is 985 g/mol. The maximum atomic E-state index is 12.2. The zero-order valence-corrected chi connectivity index (χ0v) is 34.8. The fourth-order valence-corrected chi connectivity index (χ4v) is 14.0. The number of aliphatic hydroxyl groups excluding tert-OH is 3. The zero-order valence-electron chi connectivity index (χ0n) is 28.5. The number of H-pyrrole nitrogens is 2. The van der Waals surface area contributed by atoms with Gasteiger partial charge < -0.3 is 59.0 Å². The Labute approximate surface area is 328 Å². The van der Waals surface area contributed by atoms with E-state index in [1.54, 1.807) is 4.98 Å². The fraction of sp³-hybridized carbons (Fsp3) is 0.556. The molecule has 2 saturated heterocycles. The van der Waals surface area contributed by atoms with E-state index in [0.29, 0.717) is 4.57 Å². The Kier molecular flexibility index (Phi) is 15.8. The Bertz CT molecular complexity index is 2500. The summed E-state index contributed by atoms with van der Waals surface area (Å²) >= 11 is 0. The molecule has 0 bridgehead atoms. The average molecular weight is 1010 g/mol. The minimum absolute atomic E-state index is 0.432. The van der Waals surface area contributed by atoms with Crippen molar-refractivity contribution in [1.82, 2.24) is 19.1 Å². The molecule has 2 fully saturated rings. The number of nitrogens with one attached hydrogen (secondary N) is 2. The van der Waals surface area contributed by atoms with Crippen LogP contribution < -0.4 is 22.5 Å². The quantitative estimate of drug-likeness (QED) is 0.0596. The maximum absolute atomic E-state index is 12.2. The molecular formula is C18H29N4O31P7. The highest BCUT2D eigenvalue weighted by atomic mass is 31.3. The highest BCUT2D eigenvalue weighted by Crippen LogP contribution is 2.76. The summed E-state index contributed by atoms with van der Waals surface area (Å²) in [6.45, 7) is -2.42. The van der Waals surface area contributed by atoms with Gasteiger partial charge in [0.15, 0.2) is 12.5 Å². The van der Waals surface area contributed by atoms with E-state index < -0.39 is 140 Å². The van der Waals surface area contributed by atoms with Gasteiger partial charge in [0.2, 0.25) is 0 Å². The van der Waals surface area contributed by atoms with Crippen LogP contribution in [0.25, 0.3) is 0 Å². The Morgan fingerprint density at radius 2 is 0.917 bits per heavy atom. The number of hydrogen-bond acceptors (Lipinski definition) is 24. The molecule has 42 heteroatoms. The number of aliphatic hydroxyl groups is 3. The smallest absolute Gasteiger partial charge is 0.388 e. The molecule has 35 nitrogen and oxygen atoms in total. The first kappa shape index (κ1) is 50.8. The molecule has 2 aliphatic heterocycles. The average Bonchev–Trinajstić information content (AvgIpc) is 3.53. The van der Waals surface area contributed by atoms with Gasteiger partial charge in [0.05, 0.1) is 19.3 Å². The highest BCUT2D eigenvalue weighted by molar-refractivity contribution is 7.73. The molecule has 4 rings (SSSR count). The van der Waals surface area contributed by atoms with Crippen LogP contribution in [0.15, 0.2) is 43.7 Å². The van der Waals surface area contributed by atoms with Crippen LogP contribution in [-0.4, -0.2) is 112 Å². The number of phosphoric ester groups is 2. The van der Waals surface area contributed by atoms with E-state index in [1.807, 2.05) is 4.98 Å². The molecule has 14 atom stereocenters. The van der Waals surface area contributed by atoms with Gasteiger partial charge >= 0.3 is 66.1 Å². The molecule has 0 spiro atoms. The number of aromatic nitrogens is 4. The van der Waals surface area contributed by atoms with Gasteiger partial charge in [-0.1, -0.05) is 0 Å². The largest absolute Gasteiger partial charge is 0.490 e. The molecule has 2 aliphatic rings. The van der Waals surface area contributed by atoms with Crippen molar-refractivity contribution in [1.29, 1.82) is 0 Å². The van der Waals surface area contributed by atoms with Crippen molar-refractivity contribution in [2.45, 2.75) is 49.4 Å². The van der Waals surface area contributed by atoms with E-state index in [9.17, 15) is 101 Å². The van der Waals surface area contributed by atoms with Gasteiger partial charge in [0.1, 0.15) is 24.4 Å². The summed E-state index contributed by atoms with van der Waals surface area (Å²) in [5, 5.41) is 30.5. The summed E-state index contributed by atoms with van der Waals surface area (Å²) in [5.41, 5.74) is -3.85. The molecule has 60 heavy (non-hydrogen) atoms. The van der Waals surface area contributed by atoms with Gasteiger partial charge in [-0.25, -0.2) is 41.5 Å². The Balaban J connectivity index is 1.28. The number of nitrogens with zero attached hydrogens (tertiary/aromatic N) is 2. The van der Waals surface area contributed by atoms with E-state index in [0.717, 1.165) is 29.1 Å². The van der Waals surface area contributed by atoms with Crippen molar-refractivity contribution in [2.24, 2.45) is 0 Å².